The Morgan fingerprint density at radius 2 is 0.895 bits per heavy atom. The molecule has 5 nitrogen and oxygen atoms in total. The number of para-hydroxylation sites is 3. The predicted octanol–water partition coefficient (Wildman–Crippen LogP) is 12.9. The average Bonchev–Trinajstić information content (AvgIpc) is 3.80. The third-order valence-electron chi connectivity index (χ3n) is 11.6. The van der Waals surface area contributed by atoms with Crippen molar-refractivity contribution in [2.75, 3.05) is 0 Å². The van der Waals surface area contributed by atoms with Crippen LogP contribution in [0.3, 0.4) is 0 Å². The van der Waals surface area contributed by atoms with Crippen LogP contribution >= 0.6 is 0 Å². The van der Waals surface area contributed by atoms with Crippen LogP contribution in [-0.2, 0) is 5.41 Å². The Morgan fingerprint density at radius 3 is 1.54 bits per heavy atom. The van der Waals surface area contributed by atoms with E-state index in [2.05, 4.69) is 121 Å². The second-order valence-corrected chi connectivity index (χ2v) is 14.7. The highest BCUT2D eigenvalue weighted by molar-refractivity contribution is 6.16. The van der Waals surface area contributed by atoms with Gasteiger partial charge in [0.1, 0.15) is 22.7 Å². The maximum absolute atomic E-state index is 6.65. The summed E-state index contributed by atoms with van der Waals surface area (Å²) in [4.78, 5) is 14.8. The monoisotopic (exact) mass is 729 g/mol. The van der Waals surface area contributed by atoms with Gasteiger partial charge in [0.2, 0.25) is 0 Å². The van der Waals surface area contributed by atoms with Gasteiger partial charge in [0, 0.05) is 38.6 Å². The summed E-state index contributed by atoms with van der Waals surface area (Å²) in [6.07, 6.45) is 0. The molecule has 1 aliphatic heterocycles. The number of nitrogens with zero attached hydrogens (tertiary/aromatic N) is 3. The zero-order chi connectivity index (χ0) is 37.5. The maximum atomic E-state index is 6.65. The first kappa shape index (κ1) is 31.7. The van der Waals surface area contributed by atoms with E-state index in [1.807, 2.05) is 66.7 Å². The number of furan rings is 1. The Balaban J connectivity index is 1.05. The molecule has 0 saturated carbocycles. The Hall–Kier alpha value is -7.63. The number of ether oxygens (including phenoxy) is 1. The molecule has 266 valence electrons. The molecular weight excluding hydrogens is 699 g/mol. The van der Waals surface area contributed by atoms with Gasteiger partial charge in [-0.05, 0) is 63.7 Å². The smallest absolute Gasteiger partial charge is 0.164 e. The standard InChI is InChI=1S/C52H31N3O2/c1-3-13-33(14-4-1)49-53-50(34-15-5-2-6-16-34)55-51(54-49)35-25-23-32(24-26-35)36-27-28-37-42(31-36)52(39-18-8-11-21-44(39)57-45-22-12-9-19-40(45)52)41-29-30-46-48(47(37)41)38-17-7-10-20-43(38)56-46/h1-31H. The van der Waals surface area contributed by atoms with E-state index in [9.17, 15) is 0 Å². The molecule has 5 heteroatoms. The first-order chi connectivity index (χ1) is 28.2. The summed E-state index contributed by atoms with van der Waals surface area (Å²) in [5, 5.41) is 2.26. The molecule has 0 unspecified atom stereocenters. The molecule has 2 aromatic heterocycles. The highest BCUT2D eigenvalue weighted by Crippen LogP contribution is 2.64. The molecular formula is C52H31N3O2. The molecule has 10 aromatic rings. The fourth-order valence-electron chi connectivity index (χ4n) is 9.13. The molecule has 3 heterocycles. The van der Waals surface area contributed by atoms with Gasteiger partial charge < -0.3 is 9.15 Å². The fraction of sp³-hybridized carbons (Fsp3) is 0.0192. The van der Waals surface area contributed by atoms with E-state index in [4.69, 9.17) is 24.1 Å². The summed E-state index contributed by atoms with van der Waals surface area (Å²) >= 11 is 0. The number of fused-ring (bicyclic) bond motifs is 13. The van der Waals surface area contributed by atoms with Crippen LogP contribution in [0.1, 0.15) is 22.3 Å². The number of hydrogen-bond donors (Lipinski definition) is 0. The summed E-state index contributed by atoms with van der Waals surface area (Å²) < 4.78 is 13.1. The first-order valence-corrected chi connectivity index (χ1v) is 19.2. The van der Waals surface area contributed by atoms with E-state index >= 15 is 0 Å². The zero-order valence-electron chi connectivity index (χ0n) is 30.6. The zero-order valence-corrected chi connectivity index (χ0v) is 30.6. The van der Waals surface area contributed by atoms with E-state index in [0.717, 1.165) is 72.4 Å². The van der Waals surface area contributed by atoms with Gasteiger partial charge in [0.05, 0.1) is 5.41 Å². The Bertz CT molecular complexity index is 3100. The lowest BCUT2D eigenvalue weighted by Gasteiger charge is -2.39. The molecule has 8 aromatic carbocycles. The SMILES string of the molecule is c1ccc(-c2nc(-c3ccccc3)nc(-c3ccc(-c4ccc5c(c4)C4(c6ccccc6Oc6ccccc64)c4ccc6oc7ccccc7c6c4-5)cc3)n2)cc1. The predicted molar refractivity (Wildman–Crippen MR) is 226 cm³/mol. The van der Waals surface area contributed by atoms with Crippen LogP contribution < -0.4 is 4.74 Å². The van der Waals surface area contributed by atoms with Gasteiger partial charge in [-0.2, -0.15) is 0 Å². The van der Waals surface area contributed by atoms with E-state index < -0.39 is 5.41 Å². The van der Waals surface area contributed by atoms with Crippen LogP contribution in [-0.4, -0.2) is 15.0 Å². The van der Waals surface area contributed by atoms with Crippen LogP contribution in [0.4, 0.5) is 0 Å². The molecule has 0 N–H and O–H groups in total. The fourth-order valence-corrected chi connectivity index (χ4v) is 9.13. The van der Waals surface area contributed by atoms with Crippen molar-refractivity contribution in [3.05, 3.63) is 210 Å². The van der Waals surface area contributed by atoms with Crippen molar-refractivity contribution in [3.8, 4) is 67.9 Å². The second kappa shape index (κ2) is 12.2. The summed E-state index contributed by atoms with van der Waals surface area (Å²) in [6, 6.07) is 65.5. The number of aromatic nitrogens is 3. The third kappa shape index (κ3) is 4.66. The Morgan fingerprint density at radius 1 is 0.368 bits per heavy atom. The van der Waals surface area contributed by atoms with Crippen LogP contribution in [0.15, 0.2) is 192 Å². The molecule has 1 aliphatic carbocycles. The summed E-state index contributed by atoms with van der Waals surface area (Å²) in [5.41, 5.74) is 13.3. The van der Waals surface area contributed by atoms with Crippen LogP contribution in [0.5, 0.6) is 11.5 Å². The molecule has 2 aliphatic rings. The summed E-state index contributed by atoms with van der Waals surface area (Å²) in [7, 11) is 0. The van der Waals surface area contributed by atoms with Gasteiger partial charge in [-0.25, -0.2) is 15.0 Å². The second-order valence-electron chi connectivity index (χ2n) is 14.7. The Kier molecular flexibility index (Phi) is 6.78. The minimum Gasteiger partial charge on any atom is -0.457 e. The number of hydrogen-bond acceptors (Lipinski definition) is 5. The first-order valence-electron chi connectivity index (χ1n) is 19.2. The van der Waals surface area contributed by atoms with E-state index in [1.54, 1.807) is 0 Å². The summed E-state index contributed by atoms with van der Waals surface area (Å²) in [5.74, 6) is 3.64. The van der Waals surface area contributed by atoms with Gasteiger partial charge in [0.15, 0.2) is 17.5 Å². The van der Waals surface area contributed by atoms with Crippen molar-refractivity contribution in [1.82, 2.24) is 15.0 Å². The van der Waals surface area contributed by atoms with Gasteiger partial charge >= 0.3 is 0 Å². The quantitative estimate of drug-likeness (QED) is 0.180. The number of rotatable bonds is 4. The van der Waals surface area contributed by atoms with Crippen molar-refractivity contribution >= 4 is 21.9 Å². The molecule has 0 radical (unpaired) electrons. The minimum absolute atomic E-state index is 0.620. The molecule has 12 rings (SSSR count). The molecule has 1 spiro atoms. The van der Waals surface area contributed by atoms with Crippen molar-refractivity contribution in [2.45, 2.75) is 5.41 Å². The summed E-state index contributed by atoms with van der Waals surface area (Å²) in [6.45, 7) is 0. The van der Waals surface area contributed by atoms with Crippen molar-refractivity contribution in [3.63, 3.8) is 0 Å². The topological polar surface area (TPSA) is 61.0 Å². The van der Waals surface area contributed by atoms with Crippen molar-refractivity contribution < 1.29 is 9.15 Å². The molecule has 0 fully saturated rings. The van der Waals surface area contributed by atoms with Gasteiger partial charge in [0.25, 0.3) is 0 Å². The van der Waals surface area contributed by atoms with Gasteiger partial charge in [-0.15, -0.1) is 0 Å². The normalized spacial score (nSPS) is 13.2. The van der Waals surface area contributed by atoms with Crippen LogP contribution in [0.2, 0.25) is 0 Å². The van der Waals surface area contributed by atoms with Gasteiger partial charge in [-0.1, -0.05) is 158 Å². The van der Waals surface area contributed by atoms with E-state index in [0.29, 0.717) is 17.5 Å². The lowest BCUT2D eigenvalue weighted by atomic mass is 9.66. The van der Waals surface area contributed by atoms with Crippen LogP contribution in [0, 0.1) is 0 Å². The number of benzene rings is 8. The van der Waals surface area contributed by atoms with Crippen molar-refractivity contribution in [2.24, 2.45) is 0 Å². The molecule has 0 bridgehead atoms. The van der Waals surface area contributed by atoms with Gasteiger partial charge in [-0.3, -0.25) is 0 Å². The van der Waals surface area contributed by atoms with Crippen molar-refractivity contribution in [1.29, 1.82) is 0 Å². The lowest BCUT2D eigenvalue weighted by Crippen LogP contribution is -2.32. The van der Waals surface area contributed by atoms with E-state index in [1.165, 1.54) is 22.3 Å². The maximum Gasteiger partial charge on any atom is 0.164 e. The molecule has 57 heavy (non-hydrogen) atoms. The minimum atomic E-state index is -0.620. The highest BCUT2D eigenvalue weighted by Gasteiger charge is 2.52. The average molecular weight is 730 g/mol. The molecule has 0 amide bonds. The molecule has 0 saturated heterocycles. The van der Waals surface area contributed by atoms with E-state index in [-0.39, 0.29) is 0 Å². The molecule has 0 atom stereocenters. The Labute approximate surface area is 328 Å². The van der Waals surface area contributed by atoms with Crippen LogP contribution in [0.25, 0.3) is 78.4 Å². The largest absolute Gasteiger partial charge is 0.457 e. The highest BCUT2D eigenvalue weighted by atomic mass is 16.5. The third-order valence-corrected chi connectivity index (χ3v) is 11.6. The lowest BCUT2D eigenvalue weighted by molar-refractivity contribution is 0.436.